The minimum Gasteiger partial charge on any atom is -0.345 e. The third kappa shape index (κ3) is 4.43. The molecule has 0 bridgehead atoms. The summed E-state index contributed by atoms with van der Waals surface area (Å²) in [4.78, 5) is 31.8. The number of hydrogen-bond acceptors (Lipinski definition) is 3. The molecule has 0 fully saturated rings. The molecule has 68 valence electrons. The Hall–Kier alpha value is -1.39. The zero-order valence-corrected chi connectivity index (χ0v) is 7.30. The molecule has 1 atom stereocenters. The van der Waals surface area contributed by atoms with Crippen LogP contribution in [-0.2, 0) is 14.4 Å². The molecule has 0 saturated carbocycles. The van der Waals surface area contributed by atoms with Crippen LogP contribution in [0.3, 0.4) is 0 Å². The third-order valence-electron chi connectivity index (χ3n) is 1.11. The van der Waals surface area contributed by atoms with Gasteiger partial charge in [0.25, 0.3) is 0 Å². The van der Waals surface area contributed by atoms with E-state index in [9.17, 15) is 14.4 Å². The van der Waals surface area contributed by atoms with E-state index in [4.69, 9.17) is 0 Å². The first-order chi connectivity index (χ1) is 5.43. The third-order valence-corrected chi connectivity index (χ3v) is 1.11. The van der Waals surface area contributed by atoms with E-state index in [1.165, 1.54) is 20.8 Å². The SMILES string of the molecule is CC(=O)NC(=O)C(C)NC(C)=O. The van der Waals surface area contributed by atoms with Crippen LogP contribution in [0, 0.1) is 0 Å². The Morgan fingerprint density at radius 2 is 1.58 bits per heavy atom. The Balaban J connectivity index is 3.93. The van der Waals surface area contributed by atoms with Gasteiger partial charge in [-0.1, -0.05) is 0 Å². The topological polar surface area (TPSA) is 75.3 Å². The van der Waals surface area contributed by atoms with Gasteiger partial charge in [-0.3, -0.25) is 19.7 Å². The van der Waals surface area contributed by atoms with Crippen molar-refractivity contribution in [3.63, 3.8) is 0 Å². The van der Waals surface area contributed by atoms with Crippen LogP contribution in [0.5, 0.6) is 0 Å². The largest absolute Gasteiger partial charge is 0.345 e. The number of rotatable bonds is 2. The fourth-order valence-electron chi connectivity index (χ4n) is 0.652. The van der Waals surface area contributed by atoms with E-state index >= 15 is 0 Å². The van der Waals surface area contributed by atoms with Gasteiger partial charge in [-0.05, 0) is 6.92 Å². The lowest BCUT2D eigenvalue weighted by atomic mass is 10.3. The molecule has 0 radical (unpaired) electrons. The van der Waals surface area contributed by atoms with Crippen molar-refractivity contribution < 1.29 is 14.4 Å². The van der Waals surface area contributed by atoms with E-state index in [1.807, 2.05) is 0 Å². The molecule has 0 aliphatic heterocycles. The zero-order valence-electron chi connectivity index (χ0n) is 7.30. The maximum absolute atomic E-state index is 10.9. The smallest absolute Gasteiger partial charge is 0.248 e. The highest BCUT2D eigenvalue weighted by Crippen LogP contribution is 1.81. The fourth-order valence-corrected chi connectivity index (χ4v) is 0.652. The number of hydrogen-bond donors (Lipinski definition) is 2. The highest BCUT2D eigenvalue weighted by Gasteiger charge is 2.13. The lowest BCUT2D eigenvalue weighted by Crippen LogP contribution is -2.45. The van der Waals surface area contributed by atoms with Gasteiger partial charge in [-0.25, -0.2) is 0 Å². The Kier molecular flexibility index (Phi) is 3.96. The van der Waals surface area contributed by atoms with Crippen LogP contribution in [0.15, 0.2) is 0 Å². The highest BCUT2D eigenvalue weighted by molar-refractivity contribution is 5.97. The first kappa shape index (κ1) is 10.6. The Labute approximate surface area is 70.5 Å². The average molecular weight is 172 g/mol. The van der Waals surface area contributed by atoms with Gasteiger partial charge in [0.2, 0.25) is 17.7 Å². The molecular formula is C7H12N2O3. The van der Waals surface area contributed by atoms with Gasteiger partial charge in [0.15, 0.2) is 0 Å². The van der Waals surface area contributed by atoms with Crippen LogP contribution in [0.4, 0.5) is 0 Å². The standard InChI is InChI=1S/C7H12N2O3/c1-4(8-5(2)10)7(12)9-6(3)11/h4H,1-3H3,(H,8,10)(H,9,11,12). The molecule has 1 unspecified atom stereocenters. The van der Waals surface area contributed by atoms with Crippen molar-refractivity contribution in [1.29, 1.82) is 0 Å². The minimum atomic E-state index is -0.675. The van der Waals surface area contributed by atoms with Gasteiger partial charge >= 0.3 is 0 Å². The molecular weight excluding hydrogens is 160 g/mol. The second-order valence-electron chi connectivity index (χ2n) is 2.47. The monoisotopic (exact) mass is 172 g/mol. The number of carbonyl (C=O) groups excluding carboxylic acids is 3. The lowest BCUT2D eigenvalue weighted by molar-refractivity contribution is -0.132. The Bertz CT molecular complexity index is 213. The first-order valence-corrected chi connectivity index (χ1v) is 3.52. The quantitative estimate of drug-likeness (QED) is 0.571. The van der Waals surface area contributed by atoms with Crippen LogP contribution in [0.1, 0.15) is 20.8 Å². The van der Waals surface area contributed by atoms with E-state index in [1.54, 1.807) is 0 Å². The van der Waals surface area contributed by atoms with Gasteiger partial charge in [-0.15, -0.1) is 0 Å². The van der Waals surface area contributed by atoms with Crippen molar-refractivity contribution in [3.8, 4) is 0 Å². The van der Waals surface area contributed by atoms with Gasteiger partial charge in [0, 0.05) is 13.8 Å². The van der Waals surface area contributed by atoms with Crippen molar-refractivity contribution >= 4 is 17.7 Å². The summed E-state index contributed by atoms with van der Waals surface area (Å²) in [6, 6.07) is -0.675. The molecule has 12 heavy (non-hydrogen) atoms. The molecule has 0 aromatic heterocycles. The van der Waals surface area contributed by atoms with Crippen molar-refractivity contribution in [2.75, 3.05) is 0 Å². The summed E-state index contributed by atoms with van der Waals surface area (Å²) in [5.74, 6) is -1.24. The lowest BCUT2D eigenvalue weighted by Gasteiger charge is -2.10. The van der Waals surface area contributed by atoms with Gasteiger partial charge in [0.1, 0.15) is 6.04 Å². The van der Waals surface area contributed by atoms with Crippen molar-refractivity contribution in [3.05, 3.63) is 0 Å². The molecule has 2 N–H and O–H groups in total. The predicted molar refractivity (Wildman–Crippen MR) is 42.1 cm³/mol. The van der Waals surface area contributed by atoms with Gasteiger partial charge in [-0.2, -0.15) is 0 Å². The van der Waals surface area contributed by atoms with Crippen LogP contribution in [0.2, 0.25) is 0 Å². The average Bonchev–Trinajstić information content (AvgIpc) is 1.84. The summed E-state index contributed by atoms with van der Waals surface area (Å²) in [6.45, 7) is 4.04. The second kappa shape index (κ2) is 4.48. The van der Waals surface area contributed by atoms with Gasteiger partial charge < -0.3 is 5.32 Å². The van der Waals surface area contributed by atoms with E-state index in [-0.39, 0.29) is 5.91 Å². The molecule has 0 aromatic rings. The van der Waals surface area contributed by atoms with Crippen LogP contribution in [-0.4, -0.2) is 23.8 Å². The Morgan fingerprint density at radius 3 is 1.92 bits per heavy atom. The van der Waals surface area contributed by atoms with E-state index in [0.717, 1.165) is 0 Å². The second-order valence-corrected chi connectivity index (χ2v) is 2.47. The molecule has 5 nitrogen and oxygen atoms in total. The number of amides is 3. The fraction of sp³-hybridized carbons (Fsp3) is 0.571. The van der Waals surface area contributed by atoms with Crippen molar-refractivity contribution in [2.24, 2.45) is 0 Å². The number of carbonyl (C=O) groups is 3. The van der Waals surface area contributed by atoms with E-state index in [0.29, 0.717) is 0 Å². The highest BCUT2D eigenvalue weighted by atomic mass is 16.2. The predicted octanol–water partition coefficient (Wildman–Crippen LogP) is -0.826. The van der Waals surface area contributed by atoms with E-state index < -0.39 is 17.9 Å². The van der Waals surface area contributed by atoms with Crippen LogP contribution < -0.4 is 10.6 Å². The summed E-state index contributed by atoms with van der Waals surface area (Å²) in [7, 11) is 0. The molecule has 0 aromatic carbocycles. The summed E-state index contributed by atoms with van der Waals surface area (Å²) in [6.07, 6.45) is 0. The van der Waals surface area contributed by atoms with Crippen molar-refractivity contribution in [1.82, 2.24) is 10.6 Å². The molecule has 0 aliphatic rings. The summed E-state index contributed by atoms with van der Waals surface area (Å²) in [5.41, 5.74) is 0. The van der Waals surface area contributed by atoms with Gasteiger partial charge in [0.05, 0.1) is 0 Å². The van der Waals surface area contributed by atoms with Crippen molar-refractivity contribution in [2.45, 2.75) is 26.8 Å². The minimum absolute atomic E-state index is 0.304. The molecule has 5 heteroatoms. The first-order valence-electron chi connectivity index (χ1n) is 3.52. The normalized spacial score (nSPS) is 11.6. The summed E-state index contributed by atoms with van der Waals surface area (Å²) < 4.78 is 0. The van der Waals surface area contributed by atoms with E-state index in [2.05, 4.69) is 10.6 Å². The number of imide groups is 1. The molecule has 0 saturated heterocycles. The number of nitrogens with one attached hydrogen (secondary N) is 2. The van der Waals surface area contributed by atoms with Crippen LogP contribution >= 0.6 is 0 Å². The summed E-state index contributed by atoms with van der Waals surface area (Å²) >= 11 is 0. The molecule has 0 spiro atoms. The molecule has 0 aliphatic carbocycles. The summed E-state index contributed by atoms with van der Waals surface area (Å²) in [5, 5.41) is 4.40. The molecule has 0 heterocycles. The Morgan fingerprint density at radius 1 is 1.08 bits per heavy atom. The molecule has 0 rings (SSSR count). The molecule has 3 amide bonds. The zero-order chi connectivity index (χ0) is 9.72. The van der Waals surface area contributed by atoms with Crippen LogP contribution in [0.25, 0.3) is 0 Å². The maximum Gasteiger partial charge on any atom is 0.248 e. The maximum atomic E-state index is 10.9.